The van der Waals surface area contributed by atoms with Gasteiger partial charge in [0, 0.05) is 32.1 Å². The van der Waals surface area contributed by atoms with E-state index in [1.807, 2.05) is 96.4 Å². The maximum Gasteiger partial charge on any atom is 0.255 e. The van der Waals surface area contributed by atoms with Gasteiger partial charge in [-0.15, -0.1) is 23.1 Å². The molecule has 0 aliphatic heterocycles. The van der Waals surface area contributed by atoms with E-state index in [1.54, 1.807) is 0 Å². The Bertz CT molecular complexity index is 1550. The lowest BCUT2D eigenvalue weighted by atomic mass is 10.1. The SMILES string of the molecule is O=C(CSc1ccc(NC(=O)c2ccc3ccccc3c2)cc1)Nc1nc(-c2ccccc2Cl)cs1. The van der Waals surface area contributed by atoms with Crippen molar-refractivity contribution in [3.63, 3.8) is 0 Å². The number of amides is 2. The van der Waals surface area contributed by atoms with Gasteiger partial charge in [-0.05, 0) is 53.2 Å². The Morgan fingerprint density at radius 3 is 2.42 bits per heavy atom. The van der Waals surface area contributed by atoms with Crippen molar-refractivity contribution in [1.82, 2.24) is 4.98 Å². The average molecular weight is 530 g/mol. The fourth-order valence-corrected chi connectivity index (χ4v) is 5.25. The second-order valence-electron chi connectivity index (χ2n) is 7.90. The molecule has 2 N–H and O–H groups in total. The number of hydrogen-bond donors (Lipinski definition) is 2. The molecule has 1 heterocycles. The van der Waals surface area contributed by atoms with E-state index < -0.39 is 0 Å². The van der Waals surface area contributed by atoms with Crippen molar-refractivity contribution in [3.8, 4) is 11.3 Å². The zero-order valence-electron chi connectivity index (χ0n) is 18.9. The second kappa shape index (κ2) is 11.0. The Balaban J connectivity index is 1.14. The molecule has 0 atom stereocenters. The number of fused-ring (bicyclic) bond motifs is 1. The number of nitrogens with zero attached hydrogens (tertiary/aromatic N) is 1. The fourth-order valence-electron chi connectivity index (χ4n) is 3.60. The molecule has 0 fully saturated rings. The molecule has 0 saturated carbocycles. The number of thiazole rings is 1. The Labute approximate surface area is 221 Å². The monoisotopic (exact) mass is 529 g/mol. The van der Waals surface area contributed by atoms with Gasteiger partial charge in [0.25, 0.3) is 5.91 Å². The Hall–Kier alpha value is -3.65. The van der Waals surface area contributed by atoms with Gasteiger partial charge in [0.2, 0.25) is 5.91 Å². The van der Waals surface area contributed by atoms with Crippen LogP contribution in [-0.2, 0) is 4.79 Å². The molecule has 0 spiro atoms. The topological polar surface area (TPSA) is 71.1 Å². The summed E-state index contributed by atoms with van der Waals surface area (Å²) in [5, 5.41) is 10.9. The molecule has 1 aromatic heterocycles. The number of halogens is 1. The molecule has 2 amide bonds. The zero-order chi connectivity index (χ0) is 24.9. The number of carbonyl (C=O) groups excluding carboxylic acids is 2. The molecule has 8 heteroatoms. The third kappa shape index (κ3) is 5.76. The summed E-state index contributed by atoms with van der Waals surface area (Å²) in [7, 11) is 0. The van der Waals surface area contributed by atoms with Crippen LogP contribution in [0.1, 0.15) is 10.4 Å². The lowest BCUT2D eigenvalue weighted by Crippen LogP contribution is -2.13. The quantitative estimate of drug-likeness (QED) is 0.213. The average Bonchev–Trinajstić information content (AvgIpc) is 3.36. The van der Waals surface area contributed by atoms with E-state index in [-0.39, 0.29) is 17.6 Å². The zero-order valence-corrected chi connectivity index (χ0v) is 21.3. The second-order valence-corrected chi connectivity index (χ2v) is 10.2. The molecule has 0 bridgehead atoms. The maximum atomic E-state index is 12.7. The first kappa shape index (κ1) is 24.1. The molecular formula is C28H20ClN3O2S2. The van der Waals surface area contributed by atoms with Crippen molar-refractivity contribution < 1.29 is 9.59 Å². The largest absolute Gasteiger partial charge is 0.322 e. The summed E-state index contributed by atoms with van der Waals surface area (Å²) < 4.78 is 0. The third-order valence-electron chi connectivity index (χ3n) is 5.39. The number of anilines is 2. The third-order valence-corrected chi connectivity index (χ3v) is 7.49. The molecular weight excluding hydrogens is 510 g/mol. The van der Waals surface area contributed by atoms with Crippen molar-refractivity contribution in [2.24, 2.45) is 0 Å². The number of rotatable bonds is 7. The molecule has 0 unspecified atom stereocenters. The van der Waals surface area contributed by atoms with Gasteiger partial charge in [-0.3, -0.25) is 9.59 Å². The molecule has 4 aromatic carbocycles. The van der Waals surface area contributed by atoms with Crippen LogP contribution in [0, 0.1) is 0 Å². The van der Waals surface area contributed by atoms with Gasteiger partial charge in [-0.25, -0.2) is 4.98 Å². The van der Waals surface area contributed by atoms with Gasteiger partial charge in [0.05, 0.1) is 11.4 Å². The standard InChI is InChI=1S/C28H20ClN3O2S2/c29-24-8-4-3-7-23(24)25-16-36-28(31-25)32-26(33)17-35-22-13-11-21(12-14-22)30-27(34)20-10-9-18-5-1-2-6-19(18)15-20/h1-16H,17H2,(H,30,34)(H,31,32,33). The van der Waals surface area contributed by atoms with Crippen LogP contribution in [0.4, 0.5) is 10.8 Å². The van der Waals surface area contributed by atoms with Crippen molar-refractivity contribution in [1.29, 1.82) is 0 Å². The predicted octanol–water partition coefficient (Wildman–Crippen LogP) is 7.60. The first-order valence-electron chi connectivity index (χ1n) is 11.1. The number of aromatic nitrogens is 1. The number of benzene rings is 4. The molecule has 178 valence electrons. The Morgan fingerprint density at radius 1 is 0.861 bits per heavy atom. The van der Waals surface area contributed by atoms with Crippen LogP contribution in [0.3, 0.4) is 0 Å². The first-order chi connectivity index (χ1) is 17.5. The Morgan fingerprint density at radius 2 is 1.61 bits per heavy atom. The number of hydrogen-bond acceptors (Lipinski definition) is 5. The fraction of sp³-hybridized carbons (Fsp3) is 0.0357. The highest BCUT2D eigenvalue weighted by atomic mass is 35.5. The summed E-state index contributed by atoms with van der Waals surface area (Å²) in [5.41, 5.74) is 2.86. The summed E-state index contributed by atoms with van der Waals surface area (Å²) in [6.45, 7) is 0. The van der Waals surface area contributed by atoms with Crippen molar-refractivity contribution >= 4 is 68.1 Å². The van der Waals surface area contributed by atoms with E-state index in [0.717, 1.165) is 26.9 Å². The van der Waals surface area contributed by atoms with Crippen molar-refractivity contribution in [2.45, 2.75) is 4.90 Å². The summed E-state index contributed by atoms with van der Waals surface area (Å²) in [6.07, 6.45) is 0. The van der Waals surface area contributed by atoms with Crippen LogP contribution < -0.4 is 10.6 Å². The van der Waals surface area contributed by atoms with E-state index in [1.165, 1.54) is 23.1 Å². The lowest BCUT2D eigenvalue weighted by Gasteiger charge is -2.08. The molecule has 5 aromatic rings. The molecule has 36 heavy (non-hydrogen) atoms. The smallest absolute Gasteiger partial charge is 0.255 e. The number of carbonyl (C=O) groups is 2. The molecule has 0 saturated heterocycles. The van der Waals surface area contributed by atoms with E-state index in [9.17, 15) is 9.59 Å². The first-order valence-corrected chi connectivity index (χ1v) is 13.3. The van der Waals surface area contributed by atoms with E-state index >= 15 is 0 Å². The van der Waals surface area contributed by atoms with E-state index in [0.29, 0.717) is 21.4 Å². The van der Waals surface area contributed by atoms with Gasteiger partial charge in [-0.1, -0.05) is 60.1 Å². The number of thioether (sulfide) groups is 1. The normalized spacial score (nSPS) is 10.8. The van der Waals surface area contributed by atoms with Crippen LogP contribution in [0.15, 0.2) is 101 Å². The van der Waals surface area contributed by atoms with E-state index in [4.69, 9.17) is 11.6 Å². The summed E-state index contributed by atoms with van der Waals surface area (Å²) in [5.74, 6) is -0.0713. The molecule has 5 rings (SSSR count). The highest BCUT2D eigenvalue weighted by Gasteiger charge is 2.11. The van der Waals surface area contributed by atoms with Gasteiger partial charge < -0.3 is 10.6 Å². The highest BCUT2D eigenvalue weighted by molar-refractivity contribution is 8.00. The minimum absolute atomic E-state index is 0.145. The van der Waals surface area contributed by atoms with Gasteiger partial charge in [0.1, 0.15) is 0 Å². The van der Waals surface area contributed by atoms with Crippen LogP contribution in [0.5, 0.6) is 0 Å². The predicted molar refractivity (Wildman–Crippen MR) is 150 cm³/mol. The summed E-state index contributed by atoms with van der Waals surface area (Å²) in [4.78, 5) is 30.5. The van der Waals surface area contributed by atoms with Crippen molar-refractivity contribution in [2.75, 3.05) is 16.4 Å². The lowest BCUT2D eigenvalue weighted by molar-refractivity contribution is -0.113. The van der Waals surface area contributed by atoms with Crippen LogP contribution in [-0.4, -0.2) is 22.6 Å². The maximum absolute atomic E-state index is 12.7. The molecule has 5 nitrogen and oxygen atoms in total. The van der Waals surface area contributed by atoms with Crippen LogP contribution >= 0.6 is 34.7 Å². The highest BCUT2D eigenvalue weighted by Crippen LogP contribution is 2.30. The van der Waals surface area contributed by atoms with E-state index in [2.05, 4.69) is 15.6 Å². The van der Waals surface area contributed by atoms with Crippen LogP contribution in [0.25, 0.3) is 22.0 Å². The number of nitrogens with one attached hydrogen (secondary N) is 2. The summed E-state index contributed by atoms with van der Waals surface area (Å²) >= 11 is 9.00. The molecule has 0 radical (unpaired) electrons. The summed E-state index contributed by atoms with van der Waals surface area (Å²) in [6, 6.07) is 28.5. The minimum Gasteiger partial charge on any atom is -0.322 e. The molecule has 0 aliphatic carbocycles. The van der Waals surface area contributed by atoms with Crippen LogP contribution in [0.2, 0.25) is 5.02 Å². The van der Waals surface area contributed by atoms with Gasteiger partial charge in [-0.2, -0.15) is 0 Å². The van der Waals surface area contributed by atoms with Crippen molar-refractivity contribution in [3.05, 3.63) is 107 Å². The minimum atomic E-state index is -0.167. The molecule has 0 aliphatic rings. The van der Waals surface area contributed by atoms with Gasteiger partial charge in [0.15, 0.2) is 5.13 Å². The Kier molecular flexibility index (Phi) is 7.32. The van der Waals surface area contributed by atoms with Gasteiger partial charge >= 0.3 is 0 Å².